The largest absolute Gasteiger partial charge is 0.338 e. The number of nitrogens with zero attached hydrogens (tertiary/aromatic N) is 5. The number of rotatable bonds is 5. The third-order valence-electron chi connectivity index (χ3n) is 5.23. The van der Waals surface area contributed by atoms with E-state index in [1.807, 2.05) is 23.4 Å². The molecule has 0 bridgehead atoms. The Morgan fingerprint density at radius 1 is 1.23 bits per heavy atom. The molecule has 0 aliphatic carbocycles. The van der Waals surface area contributed by atoms with Crippen molar-refractivity contribution in [3.05, 3.63) is 48.0 Å². The van der Waals surface area contributed by atoms with Crippen LogP contribution in [0.1, 0.15) is 36.6 Å². The summed E-state index contributed by atoms with van der Waals surface area (Å²) in [5.41, 5.74) is 2.46. The van der Waals surface area contributed by atoms with Crippen molar-refractivity contribution in [2.45, 2.75) is 38.4 Å². The summed E-state index contributed by atoms with van der Waals surface area (Å²) in [5.74, 6) is 0. The van der Waals surface area contributed by atoms with Crippen LogP contribution in [-0.2, 0) is 13.1 Å². The third kappa shape index (κ3) is 3.88. The Hall–Kier alpha value is -2.41. The maximum absolute atomic E-state index is 12.2. The topological polar surface area (TPSA) is 66.3 Å². The average Bonchev–Trinajstić information content (AvgIpc) is 3.34. The molecule has 1 fully saturated rings. The maximum Gasteiger partial charge on any atom is 0.317 e. The number of nitrogens with one attached hydrogen (secondary N) is 1. The molecular weight excluding hydrogens is 328 g/mol. The SMILES string of the molecule is O=C(NCC[C@H]1CN(Cc2cccnc2)Cc2ccnn21)N1CCCC1. The zero-order chi connectivity index (χ0) is 17.8. The van der Waals surface area contributed by atoms with Crippen molar-refractivity contribution in [1.82, 2.24) is 29.9 Å². The Labute approximate surface area is 154 Å². The van der Waals surface area contributed by atoms with Crippen LogP contribution >= 0.6 is 0 Å². The summed E-state index contributed by atoms with van der Waals surface area (Å²) in [6, 6.07) is 6.54. The minimum Gasteiger partial charge on any atom is -0.338 e. The minimum absolute atomic E-state index is 0.0752. The number of likely N-dealkylation sites (tertiary alicyclic amines) is 1. The first-order chi connectivity index (χ1) is 12.8. The second-order valence-corrected chi connectivity index (χ2v) is 7.17. The van der Waals surface area contributed by atoms with Crippen molar-refractivity contribution in [3.8, 4) is 0 Å². The molecule has 26 heavy (non-hydrogen) atoms. The van der Waals surface area contributed by atoms with Crippen molar-refractivity contribution < 1.29 is 4.79 Å². The molecule has 1 atom stereocenters. The quantitative estimate of drug-likeness (QED) is 0.892. The van der Waals surface area contributed by atoms with Gasteiger partial charge in [0.05, 0.1) is 11.7 Å². The molecule has 0 radical (unpaired) electrons. The molecule has 0 unspecified atom stereocenters. The highest BCUT2D eigenvalue weighted by atomic mass is 16.2. The standard InChI is InChI=1S/C19H26N6O/c26-19(24-10-1-2-11-24)21-8-5-17-14-23(13-16-4-3-7-20-12-16)15-18-6-9-22-25(17)18/h3-4,6-7,9,12,17H,1-2,5,8,10-11,13-15H2,(H,21,26)/t17-/m0/s1. The molecule has 0 aromatic carbocycles. The molecule has 138 valence electrons. The highest BCUT2D eigenvalue weighted by molar-refractivity contribution is 5.74. The van der Waals surface area contributed by atoms with Crippen molar-refractivity contribution in [3.63, 3.8) is 0 Å². The van der Waals surface area contributed by atoms with E-state index in [1.165, 1.54) is 11.3 Å². The zero-order valence-corrected chi connectivity index (χ0v) is 15.0. The summed E-state index contributed by atoms with van der Waals surface area (Å²) >= 11 is 0. The zero-order valence-electron chi connectivity index (χ0n) is 15.0. The predicted octanol–water partition coefficient (Wildman–Crippen LogP) is 2.03. The number of urea groups is 1. The van der Waals surface area contributed by atoms with Gasteiger partial charge in [-0.05, 0) is 37.0 Å². The number of hydrogen-bond acceptors (Lipinski definition) is 4. The second kappa shape index (κ2) is 7.86. The molecule has 1 saturated heterocycles. The van der Waals surface area contributed by atoms with Crippen LogP contribution in [0.5, 0.6) is 0 Å². The lowest BCUT2D eigenvalue weighted by molar-refractivity contribution is 0.160. The van der Waals surface area contributed by atoms with Gasteiger partial charge < -0.3 is 10.2 Å². The van der Waals surface area contributed by atoms with Gasteiger partial charge in [0.2, 0.25) is 0 Å². The van der Waals surface area contributed by atoms with Crippen molar-refractivity contribution in [2.75, 3.05) is 26.2 Å². The fourth-order valence-electron chi connectivity index (χ4n) is 3.93. The second-order valence-electron chi connectivity index (χ2n) is 7.17. The van der Waals surface area contributed by atoms with E-state index >= 15 is 0 Å². The van der Waals surface area contributed by atoms with Gasteiger partial charge in [0.25, 0.3) is 0 Å². The maximum atomic E-state index is 12.2. The van der Waals surface area contributed by atoms with Crippen LogP contribution in [0.4, 0.5) is 4.79 Å². The van der Waals surface area contributed by atoms with E-state index in [2.05, 4.69) is 37.1 Å². The Morgan fingerprint density at radius 2 is 2.12 bits per heavy atom. The van der Waals surface area contributed by atoms with Gasteiger partial charge in [0.15, 0.2) is 0 Å². The lowest BCUT2D eigenvalue weighted by atomic mass is 10.1. The molecule has 2 amide bonds. The first-order valence-electron chi connectivity index (χ1n) is 9.46. The van der Waals surface area contributed by atoms with Gasteiger partial charge in [-0.2, -0.15) is 5.10 Å². The van der Waals surface area contributed by atoms with Crippen LogP contribution in [0.15, 0.2) is 36.8 Å². The minimum atomic E-state index is 0.0752. The molecule has 2 aromatic rings. The highest BCUT2D eigenvalue weighted by Crippen LogP contribution is 2.24. The first-order valence-corrected chi connectivity index (χ1v) is 9.46. The van der Waals surface area contributed by atoms with E-state index in [9.17, 15) is 4.79 Å². The van der Waals surface area contributed by atoms with Crippen molar-refractivity contribution in [2.24, 2.45) is 0 Å². The Kier molecular flexibility index (Phi) is 5.15. The van der Waals surface area contributed by atoms with E-state index in [1.54, 1.807) is 6.20 Å². The molecule has 7 nitrogen and oxygen atoms in total. The number of aromatic nitrogens is 3. The fourth-order valence-corrected chi connectivity index (χ4v) is 3.93. The molecular formula is C19H26N6O. The van der Waals surface area contributed by atoms with Crippen LogP contribution < -0.4 is 5.32 Å². The van der Waals surface area contributed by atoms with E-state index in [4.69, 9.17) is 0 Å². The lowest BCUT2D eigenvalue weighted by Crippen LogP contribution is -2.41. The van der Waals surface area contributed by atoms with E-state index in [0.29, 0.717) is 6.54 Å². The Bertz CT molecular complexity index is 725. The average molecular weight is 354 g/mol. The summed E-state index contributed by atoms with van der Waals surface area (Å²) in [5, 5.41) is 7.59. The van der Waals surface area contributed by atoms with E-state index in [0.717, 1.165) is 52.0 Å². The molecule has 0 saturated carbocycles. The number of amides is 2. The van der Waals surface area contributed by atoms with Crippen molar-refractivity contribution >= 4 is 6.03 Å². The van der Waals surface area contributed by atoms with Crippen LogP contribution in [-0.4, -0.2) is 56.8 Å². The Balaban J connectivity index is 1.35. The third-order valence-corrected chi connectivity index (χ3v) is 5.23. The lowest BCUT2D eigenvalue weighted by Gasteiger charge is -2.34. The summed E-state index contributed by atoms with van der Waals surface area (Å²) in [6.45, 7) is 5.17. The Morgan fingerprint density at radius 3 is 2.92 bits per heavy atom. The highest BCUT2D eigenvalue weighted by Gasteiger charge is 2.26. The van der Waals surface area contributed by atoms with Gasteiger partial charge in [-0.1, -0.05) is 6.07 Å². The number of pyridine rings is 1. The number of carbonyl (C=O) groups is 1. The summed E-state index contributed by atoms with van der Waals surface area (Å²) in [6.07, 6.45) is 8.74. The number of fused-ring (bicyclic) bond motifs is 1. The molecule has 2 aliphatic rings. The normalized spacial score (nSPS) is 20.2. The van der Waals surface area contributed by atoms with E-state index < -0.39 is 0 Å². The molecule has 2 aliphatic heterocycles. The van der Waals surface area contributed by atoms with Gasteiger partial charge >= 0.3 is 6.03 Å². The van der Waals surface area contributed by atoms with Gasteiger partial charge in [-0.25, -0.2) is 4.79 Å². The number of hydrogen-bond donors (Lipinski definition) is 1. The van der Waals surface area contributed by atoms with Gasteiger partial charge in [-0.15, -0.1) is 0 Å². The molecule has 4 heterocycles. The predicted molar refractivity (Wildman–Crippen MR) is 98.4 cm³/mol. The number of carbonyl (C=O) groups excluding carboxylic acids is 1. The molecule has 4 rings (SSSR count). The van der Waals surface area contributed by atoms with Crippen molar-refractivity contribution in [1.29, 1.82) is 0 Å². The van der Waals surface area contributed by atoms with E-state index in [-0.39, 0.29) is 12.1 Å². The molecule has 7 heteroatoms. The van der Waals surface area contributed by atoms with Gasteiger partial charge in [-0.3, -0.25) is 14.6 Å². The van der Waals surface area contributed by atoms with Gasteiger partial charge in [0, 0.05) is 57.9 Å². The molecule has 2 aromatic heterocycles. The smallest absolute Gasteiger partial charge is 0.317 e. The monoisotopic (exact) mass is 354 g/mol. The summed E-state index contributed by atoms with van der Waals surface area (Å²) in [7, 11) is 0. The van der Waals surface area contributed by atoms with Gasteiger partial charge in [0.1, 0.15) is 0 Å². The first kappa shape index (κ1) is 17.0. The molecule has 0 spiro atoms. The van der Waals surface area contributed by atoms with Crippen LogP contribution in [0.3, 0.4) is 0 Å². The summed E-state index contributed by atoms with van der Waals surface area (Å²) in [4.78, 5) is 20.7. The van der Waals surface area contributed by atoms with Crippen LogP contribution in [0.25, 0.3) is 0 Å². The van der Waals surface area contributed by atoms with Crippen LogP contribution in [0.2, 0.25) is 0 Å². The summed E-state index contributed by atoms with van der Waals surface area (Å²) < 4.78 is 2.13. The van der Waals surface area contributed by atoms with Crippen LogP contribution in [0, 0.1) is 0 Å². The fraction of sp³-hybridized carbons (Fsp3) is 0.526. The molecule has 1 N–H and O–H groups in total.